The van der Waals surface area contributed by atoms with Crippen LogP contribution < -0.4 is 11.1 Å². The highest BCUT2D eigenvalue weighted by molar-refractivity contribution is 7.80. The van der Waals surface area contributed by atoms with Crippen LogP contribution >= 0.6 is 12.2 Å². The average molecular weight is 280 g/mol. The molecule has 0 saturated carbocycles. The molecule has 3 aromatic rings. The normalized spacial score (nSPS) is 10.4. The largest absolute Gasteiger partial charge is 0.388 e. The molecule has 0 aliphatic rings. The highest BCUT2D eigenvalue weighted by Crippen LogP contribution is 2.22. The van der Waals surface area contributed by atoms with Crippen molar-refractivity contribution in [3.63, 3.8) is 0 Å². The zero-order valence-corrected chi connectivity index (χ0v) is 11.4. The summed E-state index contributed by atoms with van der Waals surface area (Å²) < 4.78 is 0. The van der Waals surface area contributed by atoms with Gasteiger partial charge in [0.05, 0.1) is 11.2 Å². The van der Waals surface area contributed by atoms with Crippen molar-refractivity contribution < 1.29 is 0 Å². The molecule has 2 heterocycles. The Labute approximate surface area is 121 Å². The van der Waals surface area contributed by atoms with Gasteiger partial charge in [0.25, 0.3) is 0 Å². The van der Waals surface area contributed by atoms with E-state index in [2.05, 4.69) is 15.3 Å². The van der Waals surface area contributed by atoms with Crippen molar-refractivity contribution in [2.24, 2.45) is 5.73 Å². The molecule has 0 amide bonds. The van der Waals surface area contributed by atoms with Crippen molar-refractivity contribution in [3.8, 4) is 0 Å². The maximum Gasteiger partial charge on any atom is 0.124 e. The summed E-state index contributed by atoms with van der Waals surface area (Å²) >= 11 is 5.01. The van der Waals surface area contributed by atoms with E-state index in [0.717, 1.165) is 22.3 Å². The second-order valence-electron chi connectivity index (χ2n) is 4.30. The van der Waals surface area contributed by atoms with Crippen molar-refractivity contribution in [2.45, 2.75) is 0 Å². The van der Waals surface area contributed by atoms with Crippen LogP contribution in [0.4, 0.5) is 11.4 Å². The minimum Gasteiger partial charge on any atom is -0.388 e. The molecule has 0 atom stereocenters. The van der Waals surface area contributed by atoms with Gasteiger partial charge in [0.2, 0.25) is 0 Å². The molecule has 0 bridgehead atoms. The fraction of sp³-hybridized carbons (Fsp3) is 0. The summed E-state index contributed by atoms with van der Waals surface area (Å²) in [6.07, 6.45) is 3.45. The van der Waals surface area contributed by atoms with Gasteiger partial charge in [0.1, 0.15) is 10.7 Å². The number of pyridine rings is 2. The van der Waals surface area contributed by atoms with Gasteiger partial charge in [-0.3, -0.25) is 9.97 Å². The Morgan fingerprint density at radius 2 is 1.85 bits per heavy atom. The molecule has 3 N–H and O–H groups in total. The number of fused-ring (bicyclic) bond motifs is 1. The number of anilines is 2. The number of hydrogen-bond donors (Lipinski definition) is 2. The topological polar surface area (TPSA) is 63.8 Å². The lowest BCUT2D eigenvalue weighted by molar-refractivity contribution is 1.29. The number of thiocarbonyl (C=S) groups is 1. The summed E-state index contributed by atoms with van der Waals surface area (Å²) in [5, 5.41) is 4.36. The molecule has 3 rings (SSSR count). The van der Waals surface area contributed by atoms with Gasteiger partial charge in [-0.15, -0.1) is 0 Å². The molecule has 0 unspecified atom stereocenters. The van der Waals surface area contributed by atoms with Gasteiger partial charge < -0.3 is 11.1 Å². The second kappa shape index (κ2) is 5.22. The van der Waals surface area contributed by atoms with E-state index in [1.165, 1.54) is 0 Å². The minimum absolute atomic E-state index is 0.274. The Hall–Kier alpha value is -2.53. The van der Waals surface area contributed by atoms with Crippen LogP contribution in [0.5, 0.6) is 0 Å². The van der Waals surface area contributed by atoms with Crippen LogP contribution in [0.3, 0.4) is 0 Å². The standard InChI is InChI=1S/C15H12N4S/c16-15(20)14-13(4-2-8-18-14)19-11-5-6-12-10(9-11)3-1-7-17-12/h1-9,19H,(H2,16,20). The lowest BCUT2D eigenvalue weighted by Crippen LogP contribution is -2.13. The van der Waals surface area contributed by atoms with E-state index in [1.54, 1.807) is 12.4 Å². The molecule has 5 heteroatoms. The van der Waals surface area contributed by atoms with Crippen LogP contribution in [0.25, 0.3) is 10.9 Å². The molecule has 1 aromatic carbocycles. The van der Waals surface area contributed by atoms with Crippen LogP contribution in [0, 0.1) is 0 Å². The molecule has 2 aromatic heterocycles. The molecule has 0 fully saturated rings. The second-order valence-corrected chi connectivity index (χ2v) is 4.74. The monoisotopic (exact) mass is 280 g/mol. The first-order valence-corrected chi connectivity index (χ1v) is 6.51. The Kier molecular flexibility index (Phi) is 3.26. The molecule has 20 heavy (non-hydrogen) atoms. The SMILES string of the molecule is NC(=S)c1ncccc1Nc1ccc2ncccc2c1. The van der Waals surface area contributed by atoms with E-state index in [1.807, 2.05) is 42.5 Å². The van der Waals surface area contributed by atoms with Gasteiger partial charge in [-0.05, 0) is 36.4 Å². The quantitative estimate of drug-likeness (QED) is 0.722. The Morgan fingerprint density at radius 1 is 1.05 bits per heavy atom. The molecule has 0 saturated heterocycles. The van der Waals surface area contributed by atoms with Gasteiger partial charge in [0, 0.05) is 23.5 Å². The fourth-order valence-corrected chi connectivity index (χ4v) is 2.17. The summed E-state index contributed by atoms with van der Waals surface area (Å²) in [6, 6.07) is 13.6. The first-order valence-electron chi connectivity index (χ1n) is 6.11. The van der Waals surface area contributed by atoms with Crippen molar-refractivity contribution >= 4 is 39.5 Å². The summed E-state index contributed by atoms with van der Waals surface area (Å²) in [5.74, 6) is 0. The minimum atomic E-state index is 0.274. The van der Waals surface area contributed by atoms with Crippen LogP contribution in [-0.2, 0) is 0 Å². The van der Waals surface area contributed by atoms with Crippen molar-refractivity contribution in [1.82, 2.24) is 9.97 Å². The van der Waals surface area contributed by atoms with E-state index in [0.29, 0.717) is 5.69 Å². The third-order valence-corrected chi connectivity index (χ3v) is 3.12. The van der Waals surface area contributed by atoms with Crippen molar-refractivity contribution in [3.05, 3.63) is 60.6 Å². The van der Waals surface area contributed by atoms with Gasteiger partial charge in [-0.25, -0.2) is 0 Å². The highest BCUT2D eigenvalue weighted by Gasteiger charge is 2.06. The maximum atomic E-state index is 5.68. The number of nitrogens with zero attached hydrogens (tertiary/aromatic N) is 2. The van der Waals surface area contributed by atoms with Gasteiger partial charge >= 0.3 is 0 Å². The average Bonchev–Trinajstić information content (AvgIpc) is 2.47. The summed E-state index contributed by atoms with van der Waals surface area (Å²) in [6.45, 7) is 0. The predicted octanol–water partition coefficient (Wildman–Crippen LogP) is 3.01. The third kappa shape index (κ3) is 2.44. The molecule has 0 spiro atoms. The van der Waals surface area contributed by atoms with E-state index < -0.39 is 0 Å². The third-order valence-electron chi connectivity index (χ3n) is 2.92. The van der Waals surface area contributed by atoms with Gasteiger partial charge in [-0.2, -0.15) is 0 Å². The van der Waals surface area contributed by atoms with Gasteiger partial charge in [-0.1, -0.05) is 18.3 Å². The Bertz CT molecular complexity index is 785. The summed E-state index contributed by atoms with van der Waals surface area (Å²) in [5.41, 5.74) is 8.96. The Balaban J connectivity index is 1.99. The van der Waals surface area contributed by atoms with E-state index >= 15 is 0 Å². The zero-order chi connectivity index (χ0) is 13.9. The molecular formula is C15H12N4S. The smallest absolute Gasteiger partial charge is 0.124 e. The van der Waals surface area contributed by atoms with Crippen LogP contribution in [0.15, 0.2) is 54.9 Å². The Morgan fingerprint density at radius 3 is 2.70 bits per heavy atom. The lowest BCUT2D eigenvalue weighted by Gasteiger charge is -2.10. The maximum absolute atomic E-state index is 5.68. The molecule has 98 valence electrons. The number of hydrogen-bond acceptors (Lipinski definition) is 4. The molecular weight excluding hydrogens is 268 g/mol. The fourth-order valence-electron chi connectivity index (χ4n) is 2.01. The summed E-state index contributed by atoms with van der Waals surface area (Å²) in [4.78, 5) is 8.76. The van der Waals surface area contributed by atoms with Crippen LogP contribution in [0.1, 0.15) is 5.69 Å². The first kappa shape index (κ1) is 12.5. The van der Waals surface area contributed by atoms with E-state index in [9.17, 15) is 0 Å². The van der Waals surface area contributed by atoms with Crippen molar-refractivity contribution in [2.75, 3.05) is 5.32 Å². The number of rotatable bonds is 3. The number of benzene rings is 1. The van der Waals surface area contributed by atoms with E-state index in [-0.39, 0.29) is 4.99 Å². The predicted molar refractivity (Wildman–Crippen MR) is 85.2 cm³/mol. The summed E-state index contributed by atoms with van der Waals surface area (Å²) in [7, 11) is 0. The molecule has 0 aliphatic carbocycles. The molecule has 0 radical (unpaired) electrons. The first-order chi connectivity index (χ1) is 9.74. The number of nitrogens with one attached hydrogen (secondary N) is 1. The van der Waals surface area contributed by atoms with Gasteiger partial charge in [0.15, 0.2) is 0 Å². The van der Waals surface area contributed by atoms with Crippen LogP contribution in [-0.4, -0.2) is 15.0 Å². The number of aromatic nitrogens is 2. The molecule has 0 aliphatic heterocycles. The lowest BCUT2D eigenvalue weighted by atomic mass is 10.2. The molecule has 4 nitrogen and oxygen atoms in total. The van der Waals surface area contributed by atoms with Crippen molar-refractivity contribution in [1.29, 1.82) is 0 Å². The van der Waals surface area contributed by atoms with Crippen LogP contribution in [0.2, 0.25) is 0 Å². The highest BCUT2D eigenvalue weighted by atomic mass is 32.1. The zero-order valence-electron chi connectivity index (χ0n) is 10.6. The van der Waals surface area contributed by atoms with E-state index in [4.69, 9.17) is 18.0 Å². The number of nitrogens with two attached hydrogens (primary N) is 1.